The number of piperazine rings is 1. The summed E-state index contributed by atoms with van der Waals surface area (Å²) in [7, 11) is 0. The molecule has 156 valence electrons. The highest BCUT2D eigenvalue weighted by Gasteiger charge is 2.25. The summed E-state index contributed by atoms with van der Waals surface area (Å²) in [6.07, 6.45) is 0.216. The van der Waals surface area contributed by atoms with Crippen LogP contribution in [-0.2, 0) is 11.2 Å². The highest BCUT2D eigenvalue weighted by atomic mass is 32.1. The number of aromatic nitrogens is 1. The van der Waals surface area contributed by atoms with Crippen LogP contribution >= 0.6 is 11.3 Å². The van der Waals surface area contributed by atoms with Crippen LogP contribution in [0.15, 0.2) is 40.1 Å². The molecule has 0 bridgehead atoms. The number of carbonyl (C=O) groups excluding carboxylic acids is 2. The summed E-state index contributed by atoms with van der Waals surface area (Å²) in [6.45, 7) is 5.29. The average molecular weight is 428 g/mol. The number of nitrogens with zero attached hydrogens (tertiary/aromatic N) is 3. The Morgan fingerprint density at radius 1 is 1.10 bits per heavy atom. The molecule has 30 heavy (non-hydrogen) atoms. The minimum atomic E-state index is -0.387. The fourth-order valence-corrected chi connectivity index (χ4v) is 4.16. The number of hydrogen-bond acceptors (Lipinski definition) is 5. The Kier molecular flexibility index (Phi) is 5.67. The fraction of sp³-hybridized carbons (Fsp3) is 0.318. The Hall–Kier alpha value is -3.00. The second-order valence-electron chi connectivity index (χ2n) is 7.37. The smallest absolute Gasteiger partial charge is 0.254 e. The number of rotatable bonds is 4. The lowest BCUT2D eigenvalue weighted by Crippen LogP contribution is -2.51. The van der Waals surface area contributed by atoms with Crippen molar-refractivity contribution in [2.75, 3.05) is 26.2 Å². The van der Waals surface area contributed by atoms with Crippen LogP contribution in [0.3, 0.4) is 0 Å². The molecule has 1 aliphatic heterocycles. The standard InChI is InChI=1S/C22H22FN3O3S/c1-14-3-5-16(11-18(14)23)22(28)26-9-7-25(8-10-26)20(27)12-17-13-30-21(24-17)19-6-4-15(2)29-19/h3-6,11,13H,7-10,12H2,1-2H3. The van der Waals surface area contributed by atoms with Crippen molar-refractivity contribution in [2.24, 2.45) is 0 Å². The second kappa shape index (κ2) is 8.39. The summed E-state index contributed by atoms with van der Waals surface area (Å²) < 4.78 is 19.3. The topological polar surface area (TPSA) is 66.7 Å². The number of carbonyl (C=O) groups is 2. The van der Waals surface area contributed by atoms with Gasteiger partial charge < -0.3 is 14.2 Å². The van der Waals surface area contributed by atoms with Gasteiger partial charge in [-0.15, -0.1) is 11.3 Å². The first-order valence-corrected chi connectivity index (χ1v) is 10.6. The van der Waals surface area contributed by atoms with Crippen LogP contribution in [0.4, 0.5) is 4.39 Å². The minimum absolute atomic E-state index is 0.0176. The zero-order valence-corrected chi connectivity index (χ0v) is 17.7. The highest BCUT2D eigenvalue weighted by Crippen LogP contribution is 2.26. The van der Waals surface area contributed by atoms with Crippen molar-refractivity contribution < 1.29 is 18.4 Å². The number of aryl methyl sites for hydroxylation is 2. The fourth-order valence-electron chi connectivity index (χ4n) is 3.38. The maximum absolute atomic E-state index is 13.8. The Balaban J connectivity index is 1.32. The molecule has 4 rings (SSSR count). The molecule has 0 spiro atoms. The molecule has 3 heterocycles. The molecule has 0 unspecified atom stereocenters. The number of halogens is 1. The summed E-state index contributed by atoms with van der Waals surface area (Å²) in [6, 6.07) is 8.27. The van der Waals surface area contributed by atoms with Crippen molar-refractivity contribution in [1.82, 2.24) is 14.8 Å². The van der Waals surface area contributed by atoms with E-state index in [0.29, 0.717) is 48.8 Å². The Labute approximate surface area is 177 Å². The number of thiazole rings is 1. The van der Waals surface area contributed by atoms with Crippen molar-refractivity contribution in [3.8, 4) is 10.8 Å². The molecule has 1 aliphatic rings. The van der Waals surface area contributed by atoms with Crippen molar-refractivity contribution in [3.63, 3.8) is 0 Å². The van der Waals surface area contributed by atoms with Crippen LogP contribution in [0.1, 0.15) is 27.4 Å². The largest absolute Gasteiger partial charge is 0.459 e. The maximum atomic E-state index is 13.8. The molecule has 0 N–H and O–H groups in total. The first-order valence-electron chi connectivity index (χ1n) is 9.75. The predicted molar refractivity (Wildman–Crippen MR) is 112 cm³/mol. The van der Waals surface area contributed by atoms with E-state index in [9.17, 15) is 14.0 Å². The molecule has 1 aromatic carbocycles. The molecular formula is C22H22FN3O3S. The van der Waals surface area contributed by atoms with Crippen molar-refractivity contribution in [1.29, 1.82) is 0 Å². The van der Waals surface area contributed by atoms with Gasteiger partial charge in [-0.2, -0.15) is 0 Å². The normalized spacial score (nSPS) is 14.2. The Morgan fingerprint density at radius 3 is 2.50 bits per heavy atom. The number of benzene rings is 1. The zero-order chi connectivity index (χ0) is 21.3. The molecule has 0 aliphatic carbocycles. The predicted octanol–water partition coefficient (Wildman–Crippen LogP) is 3.69. The van der Waals surface area contributed by atoms with Gasteiger partial charge in [-0.3, -0.25) is 9.59 Å². The van der Waals surface area contributed by atoms with E-state index in [1.54, 1.807) is 28.9 Å². The molecule has 6 nitrogen and oxygen atoms in total. The SMILES string of the molecule is Cc1ccc(-c2nc(CC(=O)N3CCN(C(=O)c4ccc(C)c(F)c4)CC3)cs2)o1. The Morgan fingerprint density at radius 2 is 1.83 bits per heavy atom. The number of hydrogen-bond donors (Lipinski definition) is 0. The van der Waals surface area contributed by atoms with Gasteiger partial charge in [0, 0.05) is 37.1 Å². The lowest BCUT2D eigenvalue weighted by atomic mass is 10.1. The van der Waals surface area contributed by atoms with Gasteiger partial charge in [0.1, 0.15) is 11.6 Å². The van der Waals surface area contributed by atoms with Crippen molar-refractivity contribution in [2.45, 2.75) is 20.3 Å². The molecule has 1 saturated heterocycles. The van der Waals surface area contributed by atoms with Crippen LogP contribution in [0, 0.1) is 19.7 Å². The van der Waals surface area contributed by atoms with E-state index in [-0.39, 0.29) is 24.1 Å². The maximum Gasteiger partial charge on any atom is 0.254 e. The van der Waals surface area contributed by atoms with Gasteiger partial charge >= 0.3 is 0 Å². The summed E-state index contributed by atoms with van der Waals surface area (Å²) in [5, 5.41) is 2.63. The van der Waals surface area contributed by atoms with E-state index in [1.807, 2.05) is 24.4 Å². The monoisotopic (exact) mass is 427 g/mol. The van der Waals surface area contributed by atoms with E-state index in [0.717, 1.165) is 10.8 Å². The first kappa shape index (κ1) is 20.3. The van der Waals surface area contributed by atoms with Crippen LogP contribution in [0.25, 0.3) is 10.8 Å². The molecule has 0 radical (unpaired) electrons. The summed E-state index contributed by atoms with van der Waals surface area (Å²) >= 11 is 1.45. The molecule has 8 heteroatoms. The summed E-state index contributed by atoms with van der Waals surface area (Å²) in [4.78, 5) is 33.2. The van der Waals surface area contributed by atoms with Crippen LogP contribution in [0.5, 0.6) is 0 Å². The molecule has 3 aromatic rings. The van der Waals surface area contributed by atoms with E-state index >= 15 is 0 Å². The van der Waals surface area contributed by atoms with Gasteiger partial charge in [-0.1, -0.05) is 6.07 Å². The zero-order valence-electron chi connectivity index (χ0n) is 16.9. The van der Waals surface area contributed by atoms with Crippen molar-refractivity contribution in [3.05, 3.63) is 64.1 Å². The van der Waals surface area contributed by atoms with Gasteiger partial charge in [0.2, 0.25) is 5.91 Å². The average Bonchev–Trinajstić information content (AvgIpc) is 3.38. The lowest BCUT2D eigenvalue weighted by molar-refractivity contribution is -0.132. The van der Waals surface area contributed by atoms with E-state index < -0.39 is 0 Å². The number of furan rings is 1. The van der Waals surface area contributed by atoms with Crippen LogP contribution < -0.4 is 0 Å². The molecule has 2 amide bonds. The molecule has 1 fully saturated rings. The highest BCUT2D eigenvalue weighted by molar-refractivity contribution is 7.13. The van der Waals surface area contributed by atoms with Gasteiger partial charge in [0.05, 0.1) is 12.1 Å². The quantitative estimate of drug-likeness (QED) is 0.637. The molecule has 0 saturated carbocycles. The lowest BCUT2D eigenvalue weighted by Gasteiger charge is -2.34. The van der Waals surface area contributed by atoms with E-state index in [2.05, 4.69) is 4.98 Å². The Bertz CT molecular complexity index is 1080. The minimum Gasteiger partial charge on any atom is -0.459 e. The number of amides is 2. The first-order chi connectivity index (χ1) is 14.4. The third-order valence-electron chi connectivity index (χ3n) is 5.17. The molecular weight excluding hydrogens is 405 g/mol. The summed E-state index contributed by atoms with van der Waals surface area (Å²) in [5.74, 6) is 0.909. The van der Waals surface area contributed by atoms with E-state index in [1.165, 1.54) is 17.4 Å². The molecule has 2 aromatic heterocycles. The van der Waals surface area contributed by atoms with Crippen molar-refractivity contribution >= 4 is 23.2 Å². The third-order valence-corrected chi connectivity index (χ3v) is 6.08. The van der Waals surface area contributed by atoms with Gasteiger partial charge in [0.15, 0.2) is 10.8 Å². The second-order valence-corrected chi connectivity index (χ2v) is 8.23. The summed E-state index contributed by atoms with van der Waals surface area (Å²) in [5.41, 5.74) is 1.55. The third kappa shape index (κ3) is 4.28. The van der Waals surface area contributed by atoms with Crippen LogP contribution in [-0.4, -0.2) is 52.8 Å². The van der Waals surface area contributed by atoms with E-state index in [4.69, 9.17) is 4.42 Å². The van der Waals surface area contributed by atoms with Crippen LogP contribution in [0.2, 0.25) is 0 Å². The van der Waals surface area contributed by atoms with Gasteiger partial charge in [-0.25, -0.2) is 9.37 Å². The van der Waals surface area contributed by atoms with Gasteiger partial charge in [-0.05, 0) is 43.7 Å². The van der Waals surface area contributed by atoms with Gasteiger partial charge in [0.25, 0.3) is 5.91 Å². The molecule has 0 atom stereocenters.